The van der Waals surface area contributed by atoms with Crippen LogP contribution in [0.15, 0.2) is 48.5 Å². The van der Waals surface area contributed by atoms with Gasteiger partial charge in [-0.2, -0.15) is 0 Å². The van der Waals surface area contributed by atoms with Crippen molar-refractivity contribution in [1.82, 2.24) is 14.5 Å². The molecule has 3 aromatic rings. The Morgan fingerprint density at radius 2 is 1.62 bits per heavy atom. The van der Waals surface area contributed by atoms with Gasteiger partial charge in [-0.15, -0.1) is 0 Å². The summed E-state index contributed by atoms with van der Waals surface area (Å²) in [5, 5.41) is 3.01. The van der Waals surface area contributed by atoms with Gasteiger partial charge >= 0.3 is 0 Å². The molecule has 1 aliphatic heterocycles. The maximum atomic E-state index is 13.0. The topological polar surface area (TPSA) is 84.3 Å². The van der Waals surface area contributed by atoms with Crippen molar-refractivity contribution in [3.8, 4) is 0 Å². The summed E-state index contributed by atoms with van der Waals surface area (Å²) in [6.45, 7) is 0.247. The van der Waals surface area contributed by atoms with Gasteiger partial charge in [-0.1, -0.05) is 43.5 Å². The average Bonchev–Trinajstić information content (AvgIpc) is 3.34. The Labute approximate surface area is 186 Å². The minimum Gasteiger partial charge on any atom is -0.307 e. The zero-order valence-corrected chi connectivity index (χ0v) is 17.9. The number of fused-ring (bicyclic) bond motifs is 1. The molecule has 1 N–H and O–H groups in total. The number of nitrogens with one attached hydrogen (secondary N) is 1. The molecule has 1 saturated carbocycles. The Bertz CT molecular complexity index is 1160. The van der Waals surface area contributed by atoms with Crippen LogP contribution in [0.3, 0.4) is 0 Å². The molecule has 164 valence electrons. The van der Waals surface area contributed by atoms with Crippen LogP contribution in [0.1, 0.15) is 66.9 Å². The normalized spacial score (nSPS) is 17.3. The number of imide groups is 1. The summed E-state index contributed by atoms with van der Waals surface area (Å²) in [5.41, 5.74) is 3.25. The highest BCUT2D eigenvalue weighted by atomic mass is 16.2. The Morgan fingerprint density at radius 1 is 0.938 bits per heavy atom. The first-order valence-electron chi connectivity index (χ1n) is 11.3. The third-order valence-corrected chi connectivity index (χ3v) is 6.47. The zero-order chi connectivity index (χ0) is 22.1. The van der Waals surface area contributed by atoms with Gasteiger partial charge in [0, 0.05) is 24.4 Å². The number of nitrogens with zero attached hydrogens (tertiary/aromatic N) is 3. The van der Waals surface area contributed by atoms with Crippen molar-refractivity contribution in [3.63, 3.8) is 0 Å². The van der Waals surface area contributed by atoms with E-state index < -0.39 is 0 Å². The maximum Gasteiger partial charge on any atom is 0.257 e. The Kier molecular flexibility index (Phi) is 5.47. The van der Waals surface area contributed by atoms with Gasteiger partial charge in [0.2, 0.25) is 17.8 Å². The number of aromatic nitrogens is 2. The van der Waals surface area contributed by atoms with Crippen molar-refractivity contribution in [2.45, 2.75) is 57.5 Å². The van der Waals surface area contributed by atoms with E-state index in [-0.39, 0.29) is 37.1 Å². The quantitative estimate of drug-likeness (QED) is 0.607. The molecule has 7 heteroatoms. The SMILES string of the molecule is O=C(Nc1nc2ccccc2n1C1CCCCC1)c1ccc(CN2C(=O)CCC2=O)cc1. The highest BCUT2D eigenvalue weighted by molar-refractivity contribution is 6.04. The fraction of sp³-hybridized carbons (Fsp3) is 0.360. The van der Waals surface area contributed by atoms with Crippen molar-refractivity contribution in [1.29, 1.82) is 0 Å². The summed E-state index contributed by atoms with van der Waals surface area (Å²) >= 11 is 0. The molecule has 32 heavy (non-hydrogen) atoms. The number of hydrogen-bond acceptors (Lipinski definition) is 4. The standard InChI is InChI=1S/C25H26N4O3/c30-22-14-15-23(31)28(22)16-17-10-12-18(13-11-17)24(32)27-25-26-20-8-4-5-9-21(20)29(25)19-6-2-1-3-7-19/h4-5,8-13,19H,1-3,6-7,14-16H2,(H,26,27,32). The lowest BCUT2D eigenvalue weighted by Gasteiger charge is -2.25. The van der Waals surface area contributed by atoms with E-state index in [0.29, 0.717) is 17.6 Å². The van der Waals surface area contributed by atoms with Crippen LogP contribution in [0.5, 0.6) is 0 Å². The second kappa shape index (κ2) is 8.57. The molecule has 2 aliphatic rings. The van der Waals surface area contributed by atoms with Crippen molar-refractivity contribution in [3.05, 3.63) is 59.7 Å². The van der Waals surface area contributed by atoms with Gasteiger partial charge in [0.15, 0.2) is 0 Å². The van der Waals surface area contributed by atoms with Crippen LogP contribution in [0.4, 0.5) is 5.95 Å². The molecule has 1 aromatic heterocycles. The number of benzene rings is 2. The number of amides is 3. The molecule has 2 heterocycles. The average molecular weight is 431 g/mol. The molecule has 0 spiro atoms. The van der Waals surface area contributed by atoms with Crippen LogP contribution in [0.25, 0.3) is 11.0 Å². The third kappa shape index (κ3) is 3.90. The van der Waals surface area contributed by atoms with E-state index in [2.05, 4.69) is 16.0 Å². The second-order valence-corrected chi connectivity index (χ2v) is 8.61. The first-order valence-corrected chi connectivity index (χ1v) is 11.3. The third-order valence-electron chi connectivity index (χ3n) is 6.47. The smallest absolute Gasteiger partial charge is 0.257 e. The minimum atomic E-state index is -0.225. The summed E-state index contributed by atoms with van der Waals surface area (Å²) in [7, 11) is 0. The van der Waals surface area contributed by atoms with Crippen molar-refractivity contribution >= 4 is 34.7 Å². The summed E-state index contributed by atoms with van der Waals surface area (Å²) in [6.07, 6.45) is 6.37. The number of likely N-dealkylation sites (tertiary alicyclic amines) is 1. The van der Waals surface area contributed by atoms with Crippen LogP contribution in [-0.4, -0.2) is 32.2 Å². The van der Waals surface area contributed by atoms with E-state index in [1.807, 2.05) is 18.2 Å². The van der Waals surface area contributed by atoms with Crippen LogP contribution >= 0.6 is 0 Å². The number of hydrogen-bond donors (Lipinski definition) is 1. The zero-order valence-electron chi connectivity index (χ0n) is 17.9. The highest BCUT2D eigenvalue weighted by Crippen LogP contribution is 2.34. The molecule has 3 amide bonds. The highest BCUT2D eigenvalue weighted by Gasteiger charge is 2.28. The van der Waals surface area contributed by atoms with Crippen molar-refractivity contribution < 1.29 is 14.4 Å². The van der Waals surface area contributed by atoms with Gasteiger partial charge in [-0.05, 0) is 42.7 Å². The van der Waals surface area contributed by atoms with Gasteiger partial charge in [-0.25, -0.2) is 4.98 Å². The second-order valence-electron chi connectivity index (χ2n) is 8.61. The number of para-hydroxylation sites is 2. The molecule has 2 aromatic carbocycles. The summed E-state index contributed by atoms with van der Waals surface area (Å²) in [4.78, 5) is 42.7. The van der Waals surface area contributed by atoms with E-state index in [0.717, 1.165) is 29.4 Å². The number of anilines is 1. The summed E-state index contributed by atoms with van der Waals surface area (Å²) in [6, 6.07) is 15.4. The Balaban J connectivity index is 1.36. The summed E-state index contributed by atoms with van der Waals surface area (Å²) in [5.74, 6) is 0.0783. The Morgan fingerprint density at radius 3 is 2.34 bits per heavy atom. The van der Waals surface area contributed by atoms with Gasteiger partial charge in [0.25, 0.3) is 5.91 Å². The minimum absolute atomic E-state index is 0.140. The largest absolute Gasteiger partial charge is 0.307 e. The lowest BCUT2D eigenvalue weighted by Crippen LogP contribution is -2.28. The summed E-state index contributed by atoms with van der Waals surface area (Å²) < 4.78 is 2.19. The molecular formula is C25H26N4O3. The van der Waals surface area contributed by atoms with E-state index in [9.17, 15) is 14.4 Å². The van der Waals surface area contributed by atoms with E-state index >= 15 is 0 Å². The first-order chi connectivity index (χ1) is 15.6. The number of rotatable bonds is 5. The monoisotopic (exact) mass is 430 g/mol. The fourth-order valence-corrected chi connectivity index (χ4v) is 4.76. The predicted molar refractivity (Wildman–Crippen MR) is 121 cm³/mol. The number of imidazole rings is 1. The van der Waals surface area contributed by atoms with Gasteiger partial charge in [-0.3, -0.25) is 24.6 Å². The van der Waals surface area contributed by atoms with Crippen LogP contribution < -0.4 is 5.32 Å². The molecule has 1 aliphatic carbocycles. The van der Waals surface area contributed by atoms with Gasteiger partial charge in [0.1, 0.15) is 0 Å². The van der Waals surface area contributed by atoms with Crippen molar-refractivity contribution in [2.24, 2.45) is 0 Å². The molecule has 7 nitrogen and oxygen atoms in total. The van der Waals surface area contributed by atoms with Crippen LogP contribution in [-0.2, 0) is 16.1 Å². The van der Waals surface area contributed by atoms with Crippen LogP contribution in [0.2, 0.25) is 0 Å². The molecule has 5 rings (SSSR count). The maximum absolute atomic E-state index is 13.0. The van der Waals surface area contributed by atoms with E-state index in [1.165, 1.54) is 24.2 Å². The molecule has 2 fully saturated rings. The van der Waals surface area contributed by atoms with Crippen molar-refractivity contribution in [2.75, 3.05) is 5.32 Å². The molecule has 0 atom stereocenters. The molecular weight excluding hydrogens is 404 g/mol. The molecule has 1 saturated heterocycles. The molecule has 0 bridgehead atoms. The predicted octanol–water partition coefficient (Wildman–Crippen LogP) is 4.44. The number of carbonyl (C=O) groups is 3. The molecule has 0 unspecified atom stereocenters. The van der Waals surface area contributed by atoms with Crippen LogP contribution in [0, 0.1) is 0 Å². The number of carbonyl (C=O) groups excluding carboxylic acids is 3. The van der Waals surface area contributed by atoms with E-state index in [1.54, 1.807) is 24.3 Å². The molecule has 0 radical (unpaired) electrons. The lowest BCUT2D eigenvalue weighted by atomic mass is 9.95. The lowest BCUT2D eigenvalue weighted by molar-refractivity contribution is -0.139. The first kappa shape index (κ1) is 20.4. The Hall–Kier alpha value is -3.48. The fourth-order valence-electron chi connectivity index (χ4n) is 4.76. The van der Waals surface area contributed by atoms with E-state index in [4.69, 9.17) is 4.98 Å². The van der Waals surface area contributed by atoms with Gasteiger partial charge < -0.3 is 4.57 Å². The van der Waals surface area contributed by atoms with Gasteiger partial charge in [0.05, 0.1) is 17.6 Å².